The van der Waals surface area contributed by atoms with Crippen molar-refractivity contribution in [3.63, 3.8) is 0 Å². The first-order valence-electron chi connectivity index (χ1n) is 5.60. The summed E-state index contributed by atoms with van der Waals surface area (Å²) in [5.41, 5.74) is -2.84. The van der Waals surface area contributed by atoms with Crippen LogP contribution >= 0.6 is 0 Å². The molecule has 0 radical (unpaired) electrons. The predicted octanol–water partition coefficient (Wildman–Crippen LogP) is 4.12. The molecule has 0 heterocycles. The number of benzene rings is 1. The van der Waals surface area contributed by atoms with Gasteiger partial charge in [0, 0.05) is 0 Å². The summed E-state index contributed by atoms with van der Waals surface area (Å²) in [6.07, 6.45) is 2.98. The average Bonchev–Trinajstić information content (AvgIpc) is 2.42. The molecule has 0 aromatic heterocycles. The molecule has 0 fully saturated rings. The van der Waals surface area contributed by atoms with Crippen molar-refractivity contribution in [3.05, 3.63) is 35.9 Å². The molecule has 1 aromatic carbocycles. The Kier molecular flexibility index (Phi) is 9.02. The molecule has 1 N–H and O–H groups in total. The Morgan fingerprint density at radius 1 is 1.06 bits per heavy atom. The van der Waals surface area contributed by atoms with Gasteiger partial charge < -0.3 is 5.11 Å². The van der Waals surface area contributed by atoms with Crippen molar-refractivity contribution in [1.82, 2.24) is 0 Å². The SMILES string of the molecule is C#C.CC.CC[C@@](O)(c1ccccc1)C(F)(F)F. The second-order valence-corrected chi connectivity index (χ2v) is 3.08. The van der Waals surface area contributed by atoms with Gasteiger partial charge in [-0.1, -0.05) is 51.1 Å². The largest absolute Gasteiger partial charge is 0.421 e. The smallest absolute Gasteiger partial charge is 0.376 e. The van der Waals surface area contributed by atoms with Gasteiger partial charge in [-0.2, -0.15) is 13.2 Å². The Morgan fingerprint density at radius 3 is 1.72 bits per heavy atom. The predicted molar refractivity (Wildman–Crippen MR) is 67.9 cm³/mol. The summed E-state index contributed by atoms with van der Waals surface area (Å²) in [7, 11) is 0. The summed E-state index contributed by atoms with van der Waals surface area (Å²) in [4.78, 5) is 0. The lowest BCUT2D eigenvalue weighted by Gasteiger charge is -2.29. The maximum Gasteiger partial charge on any atom is 0.421 e. The first kappa shape index (κ1) is 18.9. The highest BCUT2D eigenvalue weighted by atomic mass is 19.4. The lowest BCUT2D eigenvalue weighted by Crippen LogP contribution is -2.41. The summed E-state index contributed by atoms with van der Waals surface area (Å²) in [5, 5.41) is 9.50. The highest BCUT2D eigenvalue weighted by Gasteiger charge is 2.53. The fourth-order valence-corrected chi connectivity index (χ4v) is 1.28. The number of hydrogen-bond acceptors (Lipinski definition) is 1. The van der Waals surface area contributed by atoms with E-state index in [1.807, 2.05) is 13.8 Å². The summed E-state index contributed by atoms with van der Waals surface area (Å²) < 4.78 is 37.6. The highest BCUT2D eigenvalue weighted by Crippen LogP contribution is 2.41. The van der Waals surface area contributed by atoms with Crippen LogP contribution in [-0.2, 0) is 5.60 Å². The quantitative estimate of drug-likeness (QED) is 0.793. The van der Waals surface area contributed by atoms with Gasteiger partial charge in [0.25, 0.3) is 0 Å². The average molecular weight is 260 g/mol. The van der Waals surface area contributed by atoms with E-state index in [0.717, 1.165) is 0 Å². The van der Waals surface area contributed by atoms with Crippen molar-refractivity contribution in [2.45, 2.75) is 39.0 Å². The minimum absolute atomic E-state index is 0.116. The van der Waals surface area contributed by atoms with E-state index in [1.54, 1.807) is 6.07 Å². The van der Waals surface area contributed by atoms with Gasteiger partial charge in [0.05, 0.1) is 0 Å². The Labute approximate surface area is 107 Å². The second kappa shape index (κ2) is 8.60. The number of halogens is 3. The van der Waals surface area contributed by atoms with Gasteiger partial charge in [-0.05, 0) is 12.0 Å². The monoisotopic (exact) mass is 260 g/mol. The molecular weight excluding hydrogens is 241 g/mol. The Bertz CT molecular complexity index is 330. The van der Waals surface area contributed by atoms with Crippen LogP contribution < -0.4 is 0 Å². The molecule has 0 aliphatic carbocycles. The number of alkyl halides is 3. The van der Waals surface area contributed by atoms with Crippen LogP contribution in [0.3, 0.4) is 0 Å². The fourth-order valence-electron chi connectivity index (χ4n) is 1.28. The van der Waals surface area contributed by atoms with Crippen molar-refractivity contribution < 1.29 is 18.3 Å². The van der Waals surface area contributed by atoms with Gasteiger partial charge in [-0.3, -0.25) is 0 Å². The zero-order valence-electron chi connectivity index (χ0n) is 10.8. The Morgan fingerprint density at radius 2 is 1.44 bits per heavy atom. The maximum atomic E-state index is 12.5. The lowest BCUT2D eigenvalue weighted by molar-refractivity contribution is -0.267. The molecule has 1 rings (SSSR count). The number of terminal acetylenes is 1. The van der Waals surface area contributed by atoms with Crippen molar-refractivity contribution in [2.75, 3.05) is 0 Å². The molecule has 0 saturated heterocycles. The molecule has 4 heteroatoms. The van der Waals surface area contributed by atoms with Gasteiger partial charge in [-0.15, -0.1) is 12.8 Å². The fraction of sp³-hybridized carbons (Fsp3) is 0.429. The van der Waals surface area contributed by atoms with Crippen LogP contribution in [0, 0.1) is 12.8 Å². The molecule has 0 bridgehead atoms. The van der Waals surface area contributed by atoms with Gasteiger partial charge in [0.2, 0.25) is 0 Å². The molecule has 18 heavy (non-hydrogen) atoms. The van der Waals surface area contributed by atoms with E-state index in [0.29, 0.717) is 0 Å². The molecular formula is C14H19F3O. The van der Waals surface area contributed by atoms with E-state index in [9.17, 15) is 18.3 Å². The van der Waals surface area contributed by atoms with E-state index in [-0.39, 0.29) is 12.0 Å². The summed E-state index contributed by atoms with van der Waals surface area (Å²) in [6.45, 7) is 5.31. The second-order valence-electron chi connectivity index (χ2n) is 3.08. The zero-order valence-corrected chi connectivity index (χ0v) is 10.8. The van der Waals surface area contributed by atoms with Gasteiger partial charge in [-0.25, -0.2) is 0 Å². The third-order valence-corrected chi connectivity index (χ3v) is 2.23. The van der Waals surface area contributed by atoms with E-state index >= 15 is 0 Å². The van der Waals surface area contributed by atoms with Crippen LogP contribution in [0.4, 0.5) is 13.2 Å². The van der Waals surface area contributed by atoms with Crippen molar-refractivity contribution in [2.24, 2.45) is 0 Å². The maximum absolute atomic E-state index is 12.5. The first-order chi connectivity index (χ1) is 8.42. The van der Waals surface area contributed by atoms with Gasteiger partial charge >= 0.3 is 6.18 Å². The van der Waals surface area contributed by atoms with Gasteiger partial charge in [0.1, 0.15) is 0 Å². The molecule has 0 spiro atoms. The van der Waals surface area contributed by atoms with E-state index in [2.05, 4.69) is 12.8 Å². The topological polar surface area (TPSA) is 20.2 Å². The molecule has 0 saturated carbocycles. The standard InChI is InChI=1S/C10H11F3O.C2H6.C2H2/c1-2-9(14,10(11,12)13)8-6-4-3-5-7-8;2*1-2/h3-7,14H,2H2,1H3;1-2H3;1-2H/t9-;;/m1../s1. The molecule has 1 atom stereocenters. The summed E-state index contributed by atoms with van der Waals surface area (Å²) in [5.74, 6) is 0. The molecule has 0 aliphatic heterocycles. The Hall–Kier alpha value is -1.47. The minimum Gasteiger partial charge on any atom is -0.376 e. The van der Waals surface area contributed by atoms with Crippen molar-refractivity contribution in [1.29, 1.82) is 0 Å². The van der Waals surface area contributed by atoms with E-state index < -0.39 is 11.8 Å². The molecule has 1 aromatic rings. The molecule has 1 nitrogen and oxygen atoms in total. The van der Waals surface area contributed by atoms with Crippen molar-refractivity contribution >= 4 is 0 Å². The van der Waals surface area contributed by atoms with Crippen LogP contribution in [0.1, 0.15) is 32.8 Å². The number of rotatable bonds is 2. The number of hydrogen-bond donors (Lipinski definition) is 1. The van der Waals surface area contributed by atoms with E-state index in [4.69, 9.17) is 0 Å². The van der Waals surface area contributed by atoms with Crippen LogP contribution in [-0.4, -0.2) is 11.3 Å². The number of aliphatic hydroxyl groups is 1. The van der Waals surface area contributed by atoms with Gasteiger partial charge in [0.15, 0.2) is 5.60 Å². The first-order valence-corrected chi connectivity index (χ1v) is 5.60. The lowest BCUT2D eigenvalue weighted by atomic mass is 9.90. The zero-order chi connectivity index (χ0) is 14.8. The third kappa shape index (κ3) is 4.42. The highest BCUT2D eigenvalue weighted by molar-refractivity contribution is 5.23. The summed E-state index contributed by atoms with van der Waals surface area (Å²) in [6, 6.07) is 7.10. The summed E-state index contributed by atoms with van der Waals surface area (Å²) >= 11 is 0. The third-order valence-electron chi connectivity index (χ3n) is 2.23. The van der Waals surface area contributed by atoms with Crippen molar-refractivity contribution in [3.8, 4) is 12.8 Å². The molecule has 0 amide bonds. The van der Waals surface area contributed by atoms with Crippen LogP contribution in [0.2, 0.25) is 0 Å². The van der Waals surface area contributed by atoms with E-state index in [1.165, 1.54) is 31.2 Å². The minimum atomic E-state index is -4.64. The normalized spacial score (nSPS) is 13.2. The molecule has 0 unspecified atom stereocenters. The van der Waals surface area contributed by atoms with Crippen LogP contribution in [0.25, 0.3) is 0 Å². The van der Waals surface area contributed by atoms with Crippen LogP contribution in [0.15, 0.2) is 30.3 Å². The molecule has 102 valence electrons. The molecule has 0 aliphatic rings. The Balaban J connectivity index is 0. The van der Waals surface area contributed by atoms with Crippen LogP contribution in [0.5, 0.6) is 0 Å².